The Balaban J connectivity index is 1.41. The van der Waals surface area contributed by atoms with Gasteiger partial charge < -0.3 is 0 Å². The molecule has 0 atom stereocenters. The molecule has 2 amide bonds. The van der Waals surface area contributed by atoms with E-state index in [4.69, 9.17) is 0 Å². The highest BCUT2D eigenvalue weighted by atomic mass is 32.1. The maximum Gasteiger partial charge on any atom is 0.260 e. The second-order valence-electron chi connectivity index (χ2n) is 7.58. The summed E-state index contributed by atoms with van der Waals surface area (Å²) in [6, 6.07) is 0. The van der Waals surface area contributed by atoms with E-state index in [9.17, 15) is 9.59 Å². The number of imide groups is 1. The number of fused-ring (bicyclic) bond motifs is 1. The van der Waals surface area contributed by atoms with E-state index in [1.807, 2.05) is 5.38 Å². The van der Waals surface area contributed by atoms with Gasteiger partial charge in [0.1, 0.15) is 0 Å². The number of hydrogen-bond acceptors (Lipinski definition) is 3. The van der Waals surface area contributed by atoms with Crippen molar-refractivity contribution in [1.82, 2.24) is 5.32 Å². The van der Waals surface area contributed by atoms with Crippen LogP contribution in [0.3, 0.4) is 0 Å². The smallest absolute Gasteiger partial charge is 0.260 e. The summed E-state index contributed by atoms with van der Waals surface area (Å²) >= 11 is 1.56. The zero-order valence-corrected chi connectivity index (χ0v) is 17.2. The average molecular weight is 378 g/mol. The van der Waals surface area contributed by atoms with Crippen molar-refractivity contribution in [2.45, 2.75) is 103 Å². The molecule has 2 heterocycles. The number of nitrogens with one attached hydrogen (secondary N) is 1. The van der Waals surface area contributed by atoms with E-state index in [0.29, 0.717) is 11.1 Å². The molecule has 1 aliphatic heterocycles. The van der Waals surface area contributed by atoms with E-state index < -0.39 is 0 Å². The van der Waals surface area contributed by atoms with E-state index in [1.54, 1.807) is 11.3 Å². The molecule has 4 heteroatoms. The van der Waals surface area contributed by atoms with Crippen LogP contribution < -0.4 is 5.32 Å². The maximum atomic E-state index is 11.8. The van der Waals surface area contributed by atoms with E-state index in [0.717, 1.165) is 17.7 Å². The Morgan fingerprint density at radius 3 is 1.77 bits per heavy atom. The number of thiophene rings is 1. The molecule has 1 N–H and O–H groups in total. The number of rotatable bonds is 15. The zero-order valence-electron chi connectivity index (χ0n) is 16.4. The second kappa shape index (κ2) is 12.3. The molecule has 0 bridgehead atoms. The molecule has 0 spiro atoms. The molecule has 1 aromatic heterocycles. The van der Waals surface area contributed by atoms with Crippen LogP contribution in [0.15, 0.2) is 5.38 Å². The van der Waals surface area contributed by atoms with Crippen LogP contribution in [0, 0.1) is 0 Å². The molecule has 146 valence electrons. The highest BCUT2D eigenvalue weighted by Gasteiger charge is 2.30. The Kier molecular flexibility index (Phi) is 9.98. The van der Waals surface area contributed by atoms with Gasteiger partial charge in [-0.15, -0.1) is 11.3 Å². The van der Waals surface area contributed by atoms with Crippen molar-refractivity contribution in [3.63, 3.8) is 0 Å². The lowest BCUT2D eigenvalue weighted by Crippen LogP contribution is -2.20. The highest BCUT2D eigenvalue weighted by Crippen LogP contribution is 2.28. The van der Waals surface area contributed by atoms with Crippen LogP contribution in [-0.4, -0.2) is 11.8 Å². The van der Waals surface area contributed by atoms with Gasteiger partial charge in [-0.25, -0.2) is 0 Å². The summed E-state index contributed by atoms with van der Waals surface area (Å²) < 4.78 is 0. The van der Waals surface area contributed by atoms with Crippen molar-refractivity contribution in [3.8, 4) is 0 Å². The third kappa shape index (κ3) is 6.86. The zero-order chi connectivity index (χ0) is 18.6. The third-order valence-corrected chi connectivity index (χ3v) is 6.37. The van der Waals surface area contributed by atoms with Crippen molar-refractivity contribution in [3.05, 3.63) is 21.4 Å². The van der Waals surface area contributed by atoms with Gasteiger partial charge in [-0.2, -0.15) is 0 Å². The third-order valence-electron chi connectivity index (χ3n) is 5.32. The Hall–Kier alpha value is -1.16. The Labute approximate surface area is 163 Å². The van der Waals surface area contributed by atoms with E-state index in [2.05, 4.69) is 12.2 Å². The van der Waals surface area contributed by atoms with E-state index >= 15 is 0 Å². The SMILES string of the molecule is CCCCCCCCCCCCCCCCc1scc2c1C(=O)NC2=O. The highest BCUT2D eigenvalue weighted by molar-refractivity contribution is 7.10. The minimum atomic E-state index is -0.228. The molecular weight excluding hydrogens is 342 g/mol. The lowest BCUT2D eigenvalue weighted by molar-refractivity contribution is 0.0879. The van der Waals surface area contributed by atoms with Gasteiger partial charge in [-0.3, -0.25) is 14.9 Å². The summed E-state index contributed by atoms with van der Waals surface area (Å²) in [4.78, 5) is 24.4. The first kappa shape index (κ1) is 21.1. The number of amides is 2. The number of aryl methyl sites for hydroxylation is 1. The van der Waals surface area contributed by atoms with Crippen LogP contribution in [0.1, 0.15) is 122 Å². The van der Waals surface area contributed by atoms with Crippen LogP contribution in [-0.2, 0) is 6.42 Å². The monoisotopic (exact) mass is 377 g/mol. The van der Waals surface area contributed by atoms with Gasteiger partial charge in [0.2, 0.25) is 0 Å². The molecule has 2 rings (SSSR count). The first-order chi connectivity index (χ1) is 12.7. The summed E-state index contributed by atoms with van der Waals surface area (Å²) in [6.07, 6.45) is 19.9. The predicted molar refractivity (Wildman–Crippen MR) is 110 cm³/mol. The molecule has 0 unspecified atom stereocenters. The summed E-state index contributed by atoms with van der Waals surface area (Å²) in [6.45, 7) is 2.27. The summed E-state index contributed by atoms with van der Waals surface area (Å²) in [5, 5.41) is 4.21. The molecule has 0 saturated heterocycles. The first-order valence-electron chi connectivity index (χ1n) is 10.7. The van der Waals surface area contributed by atoms with Gasteiger partial charge >= 0.3 is 0 Å². The Morgan fingerprint density at radius 1 is 0.731 bits per heavy atom. The number of hydrogen-bond donors (Lipinski definition) is 1. The molecule has 1 aliphatic rings. The topological polar surface area (TPSA) is 46.2 Å². The summed E-state index contributed by atoms with van der Waals surface area (Å²) in [5.41, 5.74) is 1.23. The fourth-order valence-corrected chi connectivity index (χ4v) is 4.78. The second-order valence-corrected chi connectivity index (χ2v) is 8.54. The first-order valence-corrected chi connectivity index (χ1v) is 11.6. The van der Waals surface area contributed by atoms with Crippen LogP contribution in [0.2, 0.25) is 0 Å². The van der Waals surface area contributed by atoms with Gasteiger partial charge in [-0.1, -0.05) is 90.4 Å². The minimum absolute atomic E-state index is 0.202. The number of unbranched alkanes of at least 4 members (excludes halogenated alkanes) is 13. The molecule has 0 aliphatic carbocycles. The molecule has 26 heavy (non-hydrogen) atoms. The van der Waals surface area contributed by atoms with Crippen molar-refractivity contribution < 1.29 is 9.59 Å². The standard InChI is InChI=1S/C22H35NO2S/c1-2-3-4-5-6-7-8-9-10-11-12-13-14-15-16-19-20-18(17-26-19)21(24)23-22(20)25/h17H,2-16H2,1H3,(H,23,24,25). The van der Waals surface area contributed by atoms with E-state index in [-0.39, 0.29) is 11.8 Å². The van der Waals surface area contributed by atoms with Crippen molar-refractivity contribution in [2.75, 3.05) is 0 Å². The van der Waals surface area contributed by atoms with E-state index in [1.165, 1.54) is 83.5 Å². The molecule has 0 fully saturated rings. The molecule has 0 saturated carbocycles. The number of carbonyl (C=O) groups is 2. The Morgan fingerprint density at radius 2 is 1.23 bits per heavy atom. The minimum Gasteiger partial charge on any atom is -0.288 e. The molecular formula is C22H35NO2S. The summed E-state index contributed by atoms with van der Waals surface area (Å²) in [5.74, 6) is -0.430. The predicted octanol–water partition coefficient (Wildman–Crippen LogP) is 6.66. The Bertz CT molecular complexity index is 564. The fourth-order valence-electron chi connectivity index (χ4n) is 3.71. The fraction of sp³-hybridized carbons (Fsp3) is 0.727. The van der Waals surface area contributed by atoms with Gasteiger partial charge in [0.25, 0.3) is 11.8 Å². The largest absolute Gasteiger partial charge is 0.288 e. The molecule has 0 aromatic carbocycles. The molecule has 3 nitrogen and oxygen atoms in total. The van der Waals surface area contributed by atoms with Crippen LogP contribution in [0.4, 0.5) is 0 Å². The van der Waals surface area contributed by atoms with Crippen LogP contribution >= 0.6 is 11.3 Å². The molecule has 1 aromatic rings. The van der Waals surface area contributed by atoms with Crippen LogP contribution in [0.25, 0.3) is 0 Å². The normalized spacial score (nSPS) is 13.3. The maximum absolute atomic E-state index is 11.8. The van der Waals surface area contributed by atoms with Gasteiger partial charge in [0, 0.05) is 10.3 Å². The number of carbonyl (C=O) groups excluding carboxylic acids is 2. The summed E-state index contributed by atoms with van der Waals surface area (Å²) in [7, 11) is 0. The lowest BCUT2D eigenvalue weighted by Gasteiger charge is -2.03. The van der Waals surface area contributed by atoms with Crippen LogP contribution in [0.5, 0.6) is 0 Å². The van der Waals surface area contributed by atoms with Crippen molar-refractivity contribution in [1.29, 1.82) is 0 Å². The van der Waals surface area contributed by atoms with Gasteiger partial charge in [0.05, 0.1) is 11.1 Å². The molecule has 0 radical (unpaired) electrons. The quantitative estimate of drug-likeness (QED) is 0.274. The van der Waals surface area contributed by atoms with Crippen molar-refractivity contribution in [2.24, 2.45) is 0 Å². The van der Waals surface area contributed by atoms with Gasteiger partial charge in [0.15, 0.2) is 0 Å². The average Bonchev–Trinajstić information content (AvgIpc) is 3.17. The lowest BCUT2D eigenvalue weighted by atomic mass is 10.0. The van der Waals surface area contributed by atoms with Gasteiger partial charge in [-0.05, 0) is 12.8 Å². The van der Waals surface area contributed by atoms with Crippen molar-refractivity contribution >= 4 is 23.2 Å².